The number of nitrogens with zero attached hydrogens (tertiary/aromatic N) is 1. The first-order valence-electron chi connectivity index (χ1n) is 9.17. The van der Waals surface area contributed by atoms with Gasteiger partial charge in [-0.1, -0.05) is 24.3 Å². The summed E-state index contributed by atoms with van der Waals surface area (Å²) in [6.07, 6.45) is 1.84. The third-order valence-corrected chi connectivity index (χ3v) is 4.67. The molecule has 5 heteroatoms. The predicted molar refractivity (Wildman–Crippen MR) is 114 cm³/mol. The van der Waals surface area contributed by atoms with E-state index in [1.807, 2.05) is 54.6 Å². The van der Waals surface area contributed by atoms with Gasteiger partial charge in [0.25, 0.3) is 0 Å². The summed E-state index contributed by atoms with van der Waals surface area (Å²) in [5, 5.41) is 0. The molecule has 0 unspecified atom stereocenters. The van der Waals surface area contributed by atoms with E-state index in [4.69, 9.17) is 9.47 Å². The molecule has 4 aromatic rings. The second-order valence-electron chi connectivity index (χ2n) is 6.49. The summed E-state index contributed by atoms with van der Waals surface area (Å²) in [7, 11) is 3.22. The van der Waals surface area contributed by atoms with Gasteiger partial charge in [-0.2, -0.15) is 0 Å². The number of ketones is 1. The van der Waals surface area contributed by atoms with Crippen molar-refractivity contribution in [2.24, 2.45) is 0 Å². The molecule has 5 nitrogen and oxygen atoms in total. The summed E-state index contributed by atoms with van der Waals surface area (Å²) in [5.74, 6) is 1.87. The van der Waals surface area contributed by atoms with Crippen molar-refractivity contribution in [2.45, 2.75) is 0 Å². The lowest BCUT2D eigenvalue weighted by molar-refractivity contribution is 0.105. The van der Waals surface area contributed by atoms with Gasteiger partial charge in [0.1, 0.15) is 17.3 Å². The average Bonchev–Trinajstić information content (AvgIpc) is 3.21. The van der Waals surface area contributed by atoms with Crippen molar-refractivity contribution in [3.8, 4) is 11.5 Å². The summed E-state index contributed by atoms with van der Waals surface area (Å²) >= 11 is 0. The molecule has 0 amide bonds. The highest BCUT2D eigenvalue weighted by Crippen LogP contribution is 2.25. The van der Waals surface area contributed by atoms with Crippen LogP contribution >= 0.6 is 0 Å². The molecule has 1 N–H and O–H groups in total. The molecule has 0 fully saturated rings. The van der Waals surface area contributed by atoms with Gasteiger partial charge < -0.3 is 14.5 Å². The lowest BCUT2D eigenvalue weighted by atomic mass is 10.00. The van der Waals surface area contributed by atoms with Gasteiger partial charge >= 0.3 is 0 Å². The van der Waals surface area contributed by atoms with Gasteiger partial charge in [-0.15, -0.1) is 0 Å². The fourth-order valence-electron chi connectivity index (χ4n) is 3.09. The number of hydrogen-bond acceptors (Lipinski definition) is 4. The summed E-state index contributed by atoms with van der Waals surface area (Å²) in [5.41, 5.74) is 3.61. The highest BCUT2D eigenvalue weighted by Gasteiger charge is 2.18. The molecule has 0 spiro atoms. The topological polar surface area (TPSA) is 64.2 Å². The maximum absolute atomic E-state index is 13.4. The van der Waals surface area contributed by atoms with Crippen LogP contribution in [0.3, 0.4) is 0 Å². The Labute approximate surface area is 168 Å². The van der Waals surface area contributed by atoms with Crippen LogP contribution in [-0.2, 0) is 0 Å². The highest BCUT2D eigenvalue weighted by molar-refractivity contribution is 6.31. The third kappa shape index (κ3) is 3.89. The lowest BCUT2D eigenvalue weighted by Gasteiger charge is -2.07. The molecule has 4 rings (SSSR count). The normalized spacial score (nSPS) is 11.4. The molecule has 0 bridgehead atoms. The van der Waals surface area contributed by atoms with E-state index in [1.54, 1.807) is 38.5 Å². The number of aromatic nitrogens is 2. The van der Waals surface area contributed by atoms with Crippen LogP contribution in [0.2, 0.25) is 0 Å². The fraction of sp³-hybridized carbons (Fsp3) is 0.0833. The van der Waals surface area contributed by atoms with Crippen molar-refractivity contribution < 1.29 is 14.3 Å². The number of methoxy groups -OCH3 is 2. The SMILES string of the molecule is COc1ccc(/C=C(/C(=O)c2ccc(OC)cc2)c2nc3ccccc3[nH]2)cc1. The van der Waals surface area contributed by atoms with Crippen LogP contribution in [0.25, 0.3) is 22.7 Å². The lowest BCUT2D eigenvalue weighted by Crippen LogP contribution is -2.04. The number of H-pyrrole nitrogens is 1. The molecule has 0 radical (unpaired) electrons. The molecule has 0 aliphatic heterocycles. The van der Waals surface area contributed by atoms with Crippen molar-refractivity contribution in [1.29, 1.82) is 0 Å². The number of para-hydroxylation sites is 2. The van der Waals surface area contributed by atoms with E-state index in [1.165, 1.54) is 0 Å². The van der Waals surface area contributed by atoms with E-state index in [0.717, 1.165) is 22.3 Å². The Morgan fingerprint density at radius 3 is 2.10 bits per heavy atom. The minimum atomic E-state index is -0.123. The van der Waals surface area contributed by atoms with E-state index < -0.39 is 0 Å². The second-order valence-corrected chi connectivity index (χ2v) is 6.49. The quantitative estimate of drug-likeness (QED) is 0.375. The summed E-state index contributed by atoms with van der Waals surface area (Å²) in [6.45, 7) is 0. The molecule has 3 aromatic carbocycles. The minimum absolute atomic E-state index is 0.123. The number of rotatable bonds is 6. The number of aromatic amines is 1. The highest BCUT2D eigenvalue weighted by atomic mass is 16.5. The number of carbonyl (C=O) groups is 1. The number of imidazole rings is 1. The van der Waals surface area contributed by atoms with E-state index >= 15 is 0 Å². The number of benzene rings is 3. The van der Waals surface area contributed by atoms with Crippen molar-refractivity contribution in [3.05, 3.63) is 89.7 Å². The predicted octanol–water partition coefficient (Wildman–Crippen LogP) is 5.00. The Balaban J connectivity index is 1.80. The number of allylic oxidation sites excluding steroid dienone is 1. The minimum Gasteiger partial charge on any atom is -0.497 e. The van der Waals surface area contributed by atoms with Crippen LogP contribution in [0.5, 0.6) is 11.5 Å². The monoisotopic (exact) mass is 384 g/mol. The zero-order valence-corrected chi connectivity index (χ0v) is 16.2. The van der Waals surface area contributed by atoms with Crippen LogP contribution in [0.4, 0.5) is 0 Å². The Hall–Kier alpha value is -3.86. The number of Topliss-reactive ketones (excluding diaryl/α,β-unsaturated/α-hetero) is 1. The zero-order valence-electron chi connectivity index (χ0n) is 16.2. The molecule has 1 aromatic heterocycles. The fourth-order valence-corrected chi connectivity index (χ4v) is 3.09. The maximum atomic E-state index is 13.4. The van der Waals surface area contributed by atoms with E-state index in [-0.39, 0.29) is 5.78 Å². The van der Waals surface area contributed by atoms with Crippen LogP contribution in [0.15, 0.2) is 72.8 Å². The first kappa shape index (κ1) is 18.5. The standard InChI is InChI=1S/C24H20N2O3/c1-28-18-11-7-16(8-12-18)15-20(23(27)17-9-13-19(29-2)14-10-17)24-25-21-5-3-4-6-22(21)26-24/h3-15H,1-2H3,(H,25,26)/b20-15-. The van der Waals surface area contributed by atoms with Gasteiger partial charge in [0.15, 0.2) is 5.78 Å². The molecule has 0 aliphatic rings. The van der Waals surface area contributed by atoms with Gasteiger partial charge in [0.05, 0.1) is 30.8 Å². The average molecular weight is 384 g/mol. The van der Waals surface area contributed by atoms with Gasteiger partial charge in [0.2, 0.25) is 0 Å². The number of hydrogen-bond donors (Lipinski definition) is 1. The number of fused-ring (bicyclic) bond motifs is 1. The summed E-state index contributed by atoms with van der Waals surface area (Å²) in [4.78, 5) is 21.2. The largest absolute Gasteiger partial charge is 0.497 e. The van der Waals surface area contributed by atoms with E-state index in [9.17, 15) is 4.79 Å². The van der Waals surface area contributed by atoms with Gasteiger partial charge in [0, 0.05) is 5.56 Å². The number of carbonyl (C=O) groups excluding carboxylic acids is 1. The van der Waals surface area contributed by atoms with Crippen molar-refractivity contribution >= 4 is 28.5 Å². The molecule has 144 valence electrons. The molecule has 0 atom stereocenters. The zero-order chi connectivity index (χ0) is 20.2. The number of nitrogens with one attached hydrogen (secondary N) is 1. The first-order chi connectivity index (χ1) is 14.2. The molecule has 0 aliphatic carbocycles. The molecular weight excluding hydrogens is 364 g/mol. The van der Waals surface area contributed by atoms with Crippen LogP contribution in [-0.4, -0.2) is 30.0 Å². The molecule has 29 heavy (non-hydrogen) atoms. The Morgan fingerprint density at radius 1 is 0.862 bits per heavy atom. The van der Waals surface area contributed by atoms with Crippen LogP contribution in [0, 0.1) is 0 Å². The van der Waals surface area contributed by atoms with E-state index in [0.29, 0.717) is 22.7 Å². The Kier molecular flexibility index (Phi) is 5.12. The Bertz CT molecular complexity index is 1140. The van der Waals surface area contributed by atoms with Crippen molar-refractivity contribution in [1.82, 2.24) is 9.97 Å². The third-order valence-electron chi connectivity index (χ3n) is 4.67. The smallest absolute Gasteiger partial charge is 0.196 e. The Morgan fingerprint density at radius 2 is 1.48 bits per heavy atom. The molecule has 0 saturated heterocycles. The van der Waals surface area contributed by atoms with Gasteiger partial charge in [-0.25, -0.2) is 4.98 Å². The maximum Gasteiger partial charge on any atom is 0.196 e. The van der Waals surface area contributed by atoms with Crippen LogP contribution < -0.4 is 9.47 Å². The van der Waals surface area contributed by atoms with Gasteiger partial charge in [-0.3, -0.25) is 4.79 Å². The summed E-state index contributed by atoms with van der Waals surface area (Å²) in [6, 6.07) is 22.3. The van der Waals surface area contributed by atoms with E-state index in [2.05, 4.69) is 9.97 Å². The van der Waals surface area contributed by atoms with Crippen molar-refractivity contribution in [3.63, 3.8) is 0 Å². The molecule has 1 heterocycles. The van der Waals surface area contributed by atoms with Crippen LogP contribution in [0.1, 0.15) is 21.7 Å². The van der Waals surface area contributed by atoms with Gasteiger partial charge in [-0.05, 0) is 60.2 Å². The molecule has 0 saturated carbocycles. The first-order valence-corrected chi connectivity index (χ1v) is 9.17. The van der Waals surface area contributed by atoms with Crippen molar-refractivity contribution in [2.75, 3.05) is 14.2 Å². The number of ether oxygens (including phenoxy) is 2. The molecular formula is C24H20N2O3. The second kappa shape index (κ2) is 8.02. The summed E-state index contributed by atoms with van der Waals surface area (Å²) < 4.78 is 10.4.